The van der Waals surface area contributed by atoms with E-state index in [0.717, 1.165) is 0 Å². The number of nitrogens with one attached hydrogen (secondary N) is 1. The van der Waals surface area contributed by atoms with Gasteiger partial charge in [-0.1, -0.05) is 23.2 Å². The highest BCUT2D eigenvalue weighted by molar-refractivity contribution is 6.37. The van der Waals surface area contributed by atoms with Crippen LogP contribution in [0.25, 0.3) is 5.69 Å². The Morgan fingerprint density at radius 3 is 2.33 bits per heavy atom. The van der Waals surface area contributed by atoms with Crippen LogP contribution in [0.2, 0.25) is 10.0 Å². The summed E-state index contributed by atoms with van der Waals surface area (Å²) in [5.41, 5.74) is 2.77. The first kappa shape index (κ1) is 18.2. The zero-order valence-electron chi connectivity index (χ0n) is 12.0. The summed E-state index contributed by atoms with van der Waals surface area (Å²) >= 11 is 11.7. The molecule has 11 heteroatoms. The Morgan fingerprint density at radius 1 is 1.33 bits per heavy atom. The van der Waals surface area contributed by atoms with E-state index in [0.29, 0.717) is 16.8 Å². The third kappa shape index (κ3) is 3.22. The Labute approximate surface area is 142 Å². The summed E-state index contributed by atoms with van der Waals surface area (Å²) in [4.78, 5) is 24.0. The zero-order chi connectivity index (χ0) is 18.2. The second kappa shape index (κ2) is 6.40. The van der Waals surface area contributed by atoms with E-state index in [9.17, 15) is 22.8 Å². The highest BCUT2D eigenvalue weighted by Crippen LogP contribution is 2.37. The average molecular weight is 384 g/mol. The summed E-state index contributed by atoms with van der Waals surface area (Å²) in [6.07, 6.45) is -4.67. The van der Waals surface area contributed by atoms with Crippen molar-refractivity contribution in [3.8, 4) is 5.69 Å². The highest BCUT2D eigenvalue weighted by atomic mass is 35.5. The molecule has 0 bridgehead atoms. The number of rotatable bonds is 3. The number of nitrogens with zero attached hydrogens (tertiary/aromatic N) is 1. The van der Waals surface area contributed by atoms with Gasteiger partial charge < -0.3 is 10.5 Å². The summed E-state index contributed by atoms with van der Waals surface area (Å²) in [5, 5.41) is 1.44. The molecule has 1 aromatic heterocycles. The fourth-order valence-corrected chi connectivity index (χ4v) is 2.61. The van der Waals surface area contributed by atoms with Crippen molar-refractivity contribution in [2.75, 3.05) is 12.3 Å². The molecule has 0 aliphatic carbocycles. The maximum Gasteiger partial charge on any atom is 0.416 e. The molecule has 1 heterocycles. The smallest absolute Gasteiger partial charge is 0.416 e. The zero-order valence-corrected chi connectivity index (χ0v) is 13.5. The molecular formula is C13H10Cl2F3N3O3. The van der Waals surface area contributed by atoms with Gasteiger partial charge in [-0.15, -0.1) is 0 Å². The SMILES string of the molecule is CCOC(=O)c1c(N)[nH]n(-c2c(Cl)cc(C(F)(F)F)cc2Cl)c1=O. The van der Waals surface area contributed by atoms with Gasteiger partial charge in [-0.05, 0) is 19.1 Å². The van der Waals surface area contributed by atoms with Crippen LogP contribution in [0, 0.1) is 0 Å². The Morgan fingerprint density at radius 2 is 1.88 bits per heavy atom. The van der Waals surface area contributed by atoms with Crippen LogP contribution in [-0.4, -0.2) is 22.4 Å². The fourth-order valence-electron chi connectivity index (χ4n) is 1.95. The molecule has 0 unspecified atom stereocenters. The van der Waals surface area contributed by atoms with Crippen molar-refractivity contribution in [3.63, 3.8) is 0 Å². The summed E-state index contributed by atoms with van der Waals surface area (Å²) in [7, 11) is 0. The van der Waals surface area contributed by atoms with E-state index in [1.165, 1.54) is 6.92 Å². The predicted octanol–water partition coefficient (Wildman–Crippen LogP) is 3.25. The molecule has 0 saturated heterocycles. The van der Waals surface area contributed by atoms with E-state index in [1.54, 1.807) is 0 Å². The number of halogens is 5. The molecule has 0 amide bonds. The first-order chi connectivity index (χ1) is 11.1. The fraction of sp³-hybridized carbons (Fsp3) is 0.231. The molecular weight excluding hydrogens is 374 g/mol. The molecule has 130 valence electrons. The lowest BCUT2D eigenvalue weighted by Gasteiger charge is -2.12. The van der Waals surface area contributed by atoms with Gasteiger partial charge in [-0.2, -0.15) is 13.2 Å². The van der Waals surface area contributed by atoms with Gasteiger partial charge >= 0.3 is 12.1 Å². The van der Waals surface area contributed by atoms with Crippen molar-refractivity contribution in [2.45, 2.75) is 13.1 Å². The van der Waals surface area contributed by atoms with Gasteiger partial charge in [0, 0.05) is 0 Å². The molecule has 2 rings (SSSR count). The summed E-state index contributed by atoms with van der Waals surface area (Å²) in [6.45, 7) is 1.54. The molecule has 0 spiro atoms. The molecule has 0 radical (unpaired) electrons. The number of carbonyl (C=O) groups is 1. The van der Waals surface area contributed by atoms with Crippen molar-refractivity contribution < 1.29 is 22.7 Å². The first-order valence-electron chi connectivity index (χ1n) is 6.42. The van der Waals surface area contributed by atoms with Gasteiger partial charge in [-0.25, -0.2) is 9.48 Å². The quantitative estimate of drug-likeness (QED) is 0.795. The molecule has 3 N–H and O–H groups in total. The van der Waals surface area contributed by atoms with Crippen LogP contribution >= 0.6 is 23.2 Å². The topological polar surface area (TPSA) is 90.1 Å². The lowest BCUT2D eigenvalue weighted by atomic mass is 10.2. The van der Waals surface area contributed by atoms with Gasteiger partial charge in [0.2, 0.25) is 0 Å². The van der Waals surface area contributed by atoms with Gasteiger partial charge in [0.05, 0.1) is 22.2 Å². The lowest BCUT2D eigenvalue weighted by molar-refractivity contribution is -0.137. The van der Waals surface area contributed by atoms with Crippen LogP contribution in [0.5, 0.6) is 0 Å². The largest absolute Gasteiger partial charge is 0.462 e. The number of nitrogen functional groups attached to an aromatic ring is 1. The Kier molecular flexibility index (Phi) is 4.86. The molecule has 0 aliphatic rings. The lowest BCUT2D eigenvalue weighted by Crippen LogP contribution is -2.22. The number of ether oxygens (including phenoxy) is 1. The van der Waals surface area contributed by atoms with Crippen molar-refractivity contribution >= 4 is 35.0 Å². The van der Waals surface area contributed by atoms with E-state index < -0.39 is 38.9 Å². The number of anilines is 1. The van der Waals surface area contributed by atoms with Crippen LogP contribution in [-0.2, 0) is 10.9 Å². The minimum Gasteiger partial charge on any atom is -0.462 e. The molecule has 6 nitrogen and oxygen atoms in total. The second-order valence-electron chi connectivity index (χ2n) is 4.55. The molecule has 0 fully saturated rings. The summed E-state index contributed by atoms with van der Waals surface area (Å²) in [5.74, 6) is -1.31. The van der Waals surface area contributed by atoms with Crippen LogP contribution in [0.15, 0.2) is 16.9 Å². The van der Waals surface area contributed by atoms with Crippen molar-refractivity contribution in [1.82, 2.24) is 9.78 Å². The number of benzene rings is 1. The van der Waals surface area contributed by atoms with E-state index in [1.807, 2.05) is 0 Å². The molecule has 0 saturated carbocycles. The number of aromatic amines is 1. The van der Waals surface area contributed by atoms with Gasteiger partial charge in [-0.3, -0.25) is 9.89 Å². The first-order valence-corrected chi connectivity index (χ1v) is 7.17. The summed E-state index contributed by atoms with van der Waals surface area (Å²) in [6, 6.07) is 1.21. The van der Waals surface area contributed by atoms with Gasteiger partial charge in [0.25, 0.3) is 5.56 Å². The minimum absolute atomic E-state index is 0.00465. The highest BCUT2D eigenvalue weighted by Gasteiger charge is 2.33. The maximum absolute atomic E-state index is 12.7. The van der Waals surface area contributed by atoms with Crippen molar-refractivity contribution in [1.29, 1.82) is 0 Å². The number of hydrogen-bond acceptors (Lipinski definition) is 4. The van der Waals surface area contributed by atoms with Crippen molar-refractivity contribution in [2.24, 2.45) is 0 Å². The van der Waals surface area contributed by atoms with Gasteiger partial charge in [0.1, 0.15) is 11.5 Å². The van der Waals surface area contributed by atoms with E-state index in [4.69, 9.17) is 33.7 Å². The number of nitrogens with two attached hydrogens (primary N) is 1. The second-order valence-corrected chi connectivity index (χ2v) is 5.36. The average Bonchev–Trinajstić information content (AvgIpc) is 2.72. The number of esters is 1. The van der Waals surface area contributed by atoms with Crippen LogP contribution in [0.1, 0.15) is 22.8 Å². The third-order valence-electron chi connectivity index (χ3n) is 2.97. The van der Waals surface area contributed by atoms with Crippen LogP contribution < -0.4 is 11.3 Å². The third-order valence-corrected chi connectivity index (χ3v) is 3.54. The van der Waals surface area contributed by atoms with Gasteiger partial charge in [0.15, 0.2) is 5.56 Å². The van der Waals surface area contributed by atoms with Crippen LogP contribution in [0.3, 0.4) is 0 Å². The minimum atomic E-state index is -4.67. The Balaban J connectivity index is 2.65. The number of H-pyrrole nitrogens is 1. The molecule has 0 aliphatic heterocycles. The number of hydrogen-bond donors (Lipinski definition) is 2. The Hall–Kier alpha value is -2.13. The van der Waals surface area contributed by atoms with E-state index >= 15 is 0 Å². The molecule has 24 heavy (non-hydrogen) atoms. The standard InChI is InChI=1S/C13H10Cl2F3N3O3/c1-2-24-12(23)8-10(19)20-21(11(8)22)9-6(14)3-5(4-7(9)15)13(16,17)18/h3-4,20H,2,19H2,1H3. The molecule has 2 aromatic rings. The monoisotopic (exact) mass is 383 g/mol. The number of alkyl halides is 3. The van der Waals surface area contributed by atoms with E-state index in [2.05, 4.69) is 5.10 Å². The predicted molar refractivity (Wildman–Crippen MR) is 81.8 cm³/mol. The van der Waals surface area contributed by atoms with Crippen LogP contribution in [0.4, 0.5) is 19.0 Å². The number of carbonyl (C=O) groups excluding carboxylic acids is 1. The molecule has 0 atom stereocenters. The van der Waals surface area contributed by atoms with E-state index in [-0.39, 0.29) is 18.1 Å². The maximum atomic E-state index is 12.7. The molecule has 1 aromatic carbocycles. The van der Waals surface area contributed by atoms with Crippen molar-refractivity contribution in [3.05, 3.63) is 43.7 Å². The summed E-state index contributed by atoms with van der Waals surface area (Å²) < 4.78 is 43.6. The number of aromatic nitrogens is 2. The normalized spacial score (nSPS) is 11.6. The Bertz CT molecular complexity index is 835.